The number of carbonyl (C=O) groups is 1. The summed E-state index contributed by atoms with van der Waals surface area (Å²) in [4.78, 5) is 12.8. The Labute approximate surface area is 178 Å². The molecule has 1 N–H and O–H groups in total. The average molecular weight is 423 g/mol. The summed E-state index contributed by atoms with van der Waals surface area (Å²) in [5.41, 5.74) is 2.93. The number of benzene rings is 3. The van der Waals surface area contributed by atoms with Crippen LogP contribution in [-0.4, -0.2) is 27.9 Å². The smallest absolute Gasteiger partial charge is 0.264 e. The maximum absolute atomic E-state index is 12.9. The molecule has 3 rings (SSSR count). The number of hydrogen-bond donors (Lipinski definition) is 1. The van der Waals surface area contributed by atoms with Crippen molar-refractivity contribution in [3.05, 3.63) is 95.6 Å². The molecule has 0 aliphatic rings. The van der Waals surface area contributed by atoms with Crippen molar-refractivity contribution in [1.29, 1.82) is 0 Å². The quantitative estimate of drug-likeness (QED) is 0.554. The Morgan fingerprint density at radius 2 is 1.57 bits per heavy atom. The van der Waals surface area contributed by atoms with Gasteiger partial charge in [0, 0.05) is 19.2 Å². The Balaban J connectivity index is 1.69. The van der Waals surface area contributed by atoms with E-state index >= 15 is 0 Å². The van der Waals surface area contributed by atoms with E-state index in [1.165, 1.54) is 16.9 Å². The lowest BCUT2D eigenvalue weighted by Gasteiger charge is -2.22. The SMILES string of the molecule is Cc1ccc(C(=O)NCCCc2ccccc2)cc1N(C)S(=O)(=O)c1ccccc1. The van der Waals surface area contributed by atoms with Gasteiger partial charge in [-0.2, -0.15) is 0 Å². The van der Waals surface area contributed by atoms with Crippen LogP contribution in [0.4, 0.5) is 5.69 Å². The zero-order valence-corrected chi connectivity index (χ0v) is 18.0. The highest BCUT2D eigenvalue weighted by Crippen LogP contribution is 2.26. The van der Waals surface area contributed by atoms with Crippen molar-refractivity contribution >= 4 is 21.6 Å². The third kappa shape index (κ3) is 5.07. The van der Waals surface area contributed by atoms with E-state index in [2.05, 4.69) is 17.4 Å². The Morgan fingerprint density at radius 3 is 2.23 bits per heavy atom. The van der Waals surface area contributed by atoms with Crippen molar-refractivity contribution in [3.8, 4) is 0 Å². The maximum Gasteiger partial charge on any atom is 0.264 e. The predicted octanol–water partition coefficient (Wildman–Crippen LogP) is 4.18. The first kappa shape index (κ1) is 21.6. The van der Waals surface area contributed by atoms with Gasteiger partial charge in [-0.05, 0) is 55.2 Å². The van der Waals surface area contributed by atoms with Gasteiger partial charge < -0.3 is 5.32 Å². The molecule has 0 saturated carbocycles. The first-order valence-corrected chi connectivity index (χ1v) is 11.3. The molecule has 3 aromatic carbocycles. The molecule has 30 heavy (non-hydrogen) atoms. The zero-order chi connectivity index (χ0) is 21.6. The molecule has 1 amide bonds. The van der Waals surface area contributed by atoms with Crippen molar-refractivity contribution in [2.45, 2.75) is 24.7 Å². The minimum atomic E-state index is -3.71. The molecule has 0 aliphatic heterocycles. The number of hydrogen-bond acceptors (Lipinski definition) is 3. The summed E-state index contributed by atoms with van der Waals surface area (Å²) in [6.45, 7) is 2.38. The lowest BCUT2D eigenvalue weighted by molar-refractivity contribution is 0.0953. The molecule has 0 unspecified atom stereocenters. The van der Waals surface area contributed by atoms with Gasteiger partial charge in [0.25, 0.3) is 15.9 Å². The minimum absolute atomic E-state index is 0.211. The van der Waals surface area contributed by atoms with Crippen LogP contribution in [0.2, 0.25) is 0 Å². The third-order valence-electron chi connectivity index (χ3n) is 4.98. The van der Waals surface area contributed by atoms with Gasteiger partial charge in [0.05, 0.1) is 10.6 Å². The topological polar surface area (TPSA) is 66.5 Å². The summed E-state index contributed by atoms with van der Waals surface area (Å²) in [5.74, 6) is -0.213. The second-order valence-corrected chi connectivity index (χ2v) is 9.10. The Hall–Kier alpha value is -3.12. The van der Waals surface area contributed by atoms with E-state index < -0.39 is 10.0 Å². The molecule has 0 aromatic heterocycles. The fraction of sp³-hybridized carbons (Fsp3) is 0.208. The first-order valence-electron chi connectivity index (χ1n) is 9.86. The van der Waals surface area contributed by atoms with Crippen LogP contribution in [0.1, 0.15) is 27.9 Å². The van der Waals surface area contributed by atoms with E-state index in [-0.39, 0.29) is 10.8 Å². The van der Waals surface area contributed by atoms with Crippen molar-refractivity contribution in [3.63, 3.8) is 0 Å². The Morgan fingerprint density at radius 1 is 0.933 bits per heavy atom. The summed E-state index contributed by atoms with van der Waals surface area (Å²) >= 11 is 0. The van der Waals surface area contributed by atoms with Gasteiger partial charge in [-0.15, -0.1) is 0 Å². The zero-order valence-electron chi connectivity index (χ0n) is 17.2. The van der Waals surface area contributed by atoms with Gasteiger partial charge in [0.1, 0.15) is 0 Å². The summed E-state index contributed by atoms with van der Waals surface area (Å²) in [7, 11) is -2.20. The van der Waals surface area contributed by atoms with Crippen LogP contribution in [0.15, 0.2) is 83.8 Å². The number of rotatable bonds is 8. The molecule has 0 saturated heterocycles. The van der Waals surface area contributed by atoms with E-state index in [4.69, 9.17) is 0 Å². The number of nitrogens with zero attached hydrogens (tertiary/aromatic N) is 1. The van der Waals surface area contributed by atoms with Gasteiger partial charge in [0.2, 0.25) is 0 Å². The molecule has 0 bridgehead atoms. The largest absolute Gasteiger partial charge is 0.352 e. The Kier molecular flexibility index (Phi) is 6.90. The van der Waals surface area contributed by atoms with E-state index in [9.17, 15) is 13.2 Å². The van der Waals surface area contributed by atoms with Gasteiger partial charge in [0.15, 0.2) is 0 Å². The summed E-state index contributed by atoms with van der Waals surface area (Å²) in [6, 6.07) is 23.5. The van der Waals surface area contributed by atoms with Gasteiger partial charge in [-0.3, -0.25) is 9.10 Å². The highest BCUT2D eigenvalue weighted by Gasteiger charge is 2.23. The molecule has 156 valence electrons. The van der Waals surface area contributed by atoms with Crippen LogP contribution in [0.3, 0.4) is 0 Å². The average Bonchev–Trinajstić information content (AvgIpc) is 2.77. The number of amides is 1. The lowest BCUT2D eigenvalue weighted by Crippen LogP contribution is -2.28. The highest BCUT2D eigenvalue weighted by atomic mass is 32.2. The normalized spacial score (nSPS) is 11.1. The van der Waals surface area contributed by atoms with Gasteiger partial charge in [-0.25, -0.2) is 8.42 Å². The molecule has 5 nitrogen and oxygen atoms in total. The number of nitrogens with one attached hydrogen (secondary N) is 1. The van der Waals surface area contributed by atoms with Crippen molar-refractivity contribution in [2.24, 2.45) is 0 Å². The van der Waals surface area contributed by atoms with Crippen LogP contribution < -0.4 is 9.62 Å². The molecular weight excluding hydrogens is 396 g/mol. The summed E-state index contributed by atoms with van der Waals surface area (Å²) in [5, 5.41) is 2.92. The van der Waals surface area contributed by atoms with E-state index in [1.807, 2.05) is 25.1 Å². The number of anilines is 1. The summed E-state index contributed by atoms with van der Waals surface area (Å²) in [6.07, 6.45) is 1.72. The van der Waals surface area contributed by atoms with Crippen molar-refractivity contribution in [1.82, 2.24) is 5.32 Å². The highest BCUT2D eigenvalue weighted by molar-refractivity contribution is 7.92. The van der Waals surface area contributed by atoms with Gasteiger partial charge >= 0.3 is 0 Å². The molecule has 3 aromatic rings. The van der Waals surface area contributed by atoms with E-state index in [0.29, 0.717) is 17.8 Å². The second kappa shape index (κ2) is 9.59. The lowest BCUT2D eigenvalue weighted by atomic mass is 10.1. The van der Waals surface area contributed by atoms with E-state index in [0.717, 1.165) is 18.4 Å². The van der Waals surface area contributed by atoms with Gasteiger partial charge in [-0.1, -0.05) is 54.6 Å². The maximum atomic E-state index is 12.9. The Bertz CT molecular complexity index is 1100. The van der Waals surface area contributed by atoms with Crippen molar-refractivity contribution < 1.29 is 13.2 Å². The molecule has 0 fully saturated rings. The second-order valence-electron chi connectivity index (χ2n) is 7.13. The van der Waals surface area contributed by atoms with E-state index in [1.54, 1.807) is 48.5 Å². The predicted molar refractivity (Wildman–Crippen MR) is 120 cm³/mol. The van der Waals surface area contributed by atoms with Crippen LogP contribution in [0.25, 0.3) is 0 Å². The summed E-state index contributed by atoms with van der Waals surface area (Å²) < 4.78 is 27.1. The molecule has 0 aliphatic carbocycles. The van der Waals surface area contributed by atoms with Crippen LogP contribution in [0, 0.1) is 6.92 Å². The van der Waals surface area contributed by atoms with Crippen molar-refractivity contribution in [2.75, 3.05) is 17.9 Å². The molecule has 0 atom stereocenters. The first-order chi connectivity index (χ1) is 14.4. The number of sulfonamides is 1. The number of aryl methyl sites for hydroxylation is 2. The van der Waals surface area contributed by atoms with Crippen LogP contribution in [0.5, 0.6) is 0 Å². The molecule has 0 heterocycles. The molecule has 0 radical (unpaired) electrons. The molecule has 6 heteroatoms. The molecule has 0 spiro atoms. The fourth-order valence-electron chi connectivity index (χ4n) is 3.21. The fourth-order valence-corrected chi connectivity index (χ4v) is 4.48. The molecular formula is C24H26N2O3S. The monoisotopic (exact) mass is 422 g/mol. The van der Waals surface area contributed by atoms with Crippen LogP contribution >= 0.6 is 0 Å². The minimum Gasteiger partial charge on any atom is -0.352 e. The number of carbonyl (C=O) groups excluding carboxylic acids is 1. The van der Waals surface area contributed by atoms with Crippen LogP contribution in [-0.2, 0) is 16.4 Å². The third-order valence-corrected chi connectivity index (χ3v) is 6.77. The standard InChI is InChI=1S/C24H26N2O3S/c1-19-15-16-21(24(27)25-17-9-12-20-10-5-3-6-11-20)18-23(19)26(2)30(28,29)22-13-7-4-8-14-22/h3-8,10-11,13-16,18H,9,12,17H2,1-2H3,(H,25,27).